The quantitative estimate of drug-likeness (QED) is 0.623. The summed E-state index contributed by atoms with van der Waals surface area (Å²) in [6.45, 7) is 0. The lowest BCUT2D eigenvalue weighted by molar-refractivity contribution is 0.913. The number of hydrogen-bond donors (Lipinski definition) is 1. The maximum atomic E-state index is 5.84. The molecule has 0 bridgehead atoms. The van der Waals surface area contributed by atoms with Crippen molar-refractivity contribution in [2.45, 2.75) is 4.90 Å². The maximum Gasteiger partial charge on any atom is 0.0951 e. The number of thioether (sulfide) groups is 1. The monoisotopic (exact) mass is 219 g/mol. The van der Waals surface area contributed by atoms with Crippen molar-refractivity contribution in [1.29, 1.82) is 0 Å². The van der Waals surface area contributed by atoms with Crippen molar-refractivity contribution < 1.29 is 0 Å². The van der Waals surface area contributed by atoms with E-state index in [9.17, 15) is 0 Å². The molecular formula is C11H13N3S. The smallest absolute Gasteiger partial charge is 0.0951 e. The molecule has 0 saturated heterocycles. The van der Waals surface area contributed by atoms with E-state index in [1.54, 1.807) is 18.1 Å². The van der Waals surface area contributed by atoms with Crippen LogP contribution in [0.15, 0.2) is 35.6 Å². The molecule has 0 aliphatic heterocycles. The van der Waals surface area contributed by atoms with Gasteiger partial charge in [-0.2, -0.15) is 0 Å². The Morgan fingerprint density at radius 2 is 2.20 bits per heavy atom. The number of imidazole rings is 1. The van der Waals surface area contributed by atoms with Gasteiger partial charge in [-0.25, -0.2) is 4.98 Å². The highest BCUT2D eigenvalue weighted by Gasteiger charge is 2.04. The van der Waals surface area contributed by atoms with Crippen molar-refractivity contribution in [2.75, 3.05) is 12.0 Å². The highest BCUT2D eigenvalue weighted by molar-refractivity contribution is 7.98. The van der Waals surface area contributed by atoms with Crippen molar-refractivity contribution in [2.24, 2.45) is 7.05 Å². The summed E-state index contributed by atoms with van der Waals surface area (Å²) in [6.07, 6.45) is 5.81. The van der Waals surface area contributed by atoms with Crippen LogP contribution >= 0.6 is 11.8 Å². The van der Waals surface area contributed by atoms with Gasteiger partial charge in [-0.05, 0) is 18.4 Å². The van der Waals surface area contributed by atoms with E-state index in [2.05, 4.69) is 11.1 Å². The van der Waals surface area contributed by atoms with E-state index in [4.69, 9.17) is 5.73 Å². The molecule has 0 unspecified atom stereocenters. The van der Waals surface area contributed by atoms with Gasteiger partial charge in [-0.15, -0.1) is 11.8 Å². The Balaban J connectivity index is 2.45. The highest BCUT2D eigenvalue weighted by atomic mass is 32.2. The largest absolute Gasteiger partial charge is 0.398 e. The van der Waals surface area contributed by atoms with Crippen LogP contribution in [-0.4, -0.2) is 15.8 Å². The van der Waals surface area contributed by atoms with E-state index in [1.807, 2.05) is 36.2 Å². The third-order valence-electron chi connectivity index (χ3n) is 2.23. The first-order chi connectivity index (χ1) is 7.20. The third kappa shape index (κ3) is 1.99. The summed E-state index contributed by atoms with van der Waals surface area (Å²) in [7, 11) is 1.96. The fourth-order valence-electron chi connectivity index (χ4n) is 1.43. The van der Waals surface area contributed by atoms with Crippen molar-refractivity contribution in [3.63, 3.8) is 0 Å². The van der Waals surface area contributed by atoms with Gasteiger partial charge in [0.2, 0.25) is 0 Å². The van der Waals surface area contributed by atoms with Crippen LogP contribution < -0.4 is 5.73 Å². The molecule has 0 radical (unpaired) electrons. The summed E-state index contributed by atoms with van der Waals surface area (Å²) in [5.41, 5.74) is 8.74. The fraction of sp³-hybridized carbons (Fsp3) is 0.182. The van der Waals surface area contributed by atoms with Crippen molar-refractivity contribution in [3.05, 3.63) is 30.7 Å². The molecule has 3 nitrogen and oxygen atoms in total. The number of benzene rings is 1. The average molecular weight is 219 g/mol. The standard InChI is InChI=1S/C11H13N3S/c1-14-6-10(13-7-14)8-3-4-9(12)11(5-8)15-2/h3-7H,12H2,1-2H3. The Kier molecular flexibility index (Phi) is 2.68. The van der Waals surface area contributed by atoms with E-state index in [-0.39, 0.29) is 0 Å². The van der Waals surface area contributed by atoms with Crippen molar-refractivity contribution in [1.82, 2.24) is 9.55 Å². The molecule has 0 atom stereocenters. The van der Waals surface area contributed by atoms with Gasteiger partial charge in [0, 0.05) is 29.4 Å². The van der Waals surface area contributed by atoms with Crippen molar-refractivity contribution in [3.8, 4) is 11.3 Å². The Morgan fingerprint density at radius 3 is 2.80 bits per heavy atom. The average Bonchev–Trinajstić information content (AvgIpc) is 2.66. The minimum absolute atomic E-state index is 0.821. The van der Waals surface area contributed by atoms with E-state index in [0.29, 0.717) is 0 Å². The molecule has 0 saturated carbocycles. The maximum absolute atomic E-state index is 5.84. The Hall–Kier alpha value is -1.42. The van der Waals surface area contributed by atoms with Gasteiger partial charge >= 0.3 is 0 Å². The van der Waals surface area contributed by atoms with Gasteiger partial charge in [0.05, 0.1) is 12.0 Å². The van der Waals surface area contributed by atoms with Gasteiger partial charge in [0.25, 0.3) is 0 Å². The number of hydrogen-bond acceptors (Lipinski definition) is 3. The molecule has 0 spiro atoms. The van der Waals surface area contributed by atoms with E-state index < -0.39 is 0 Å². The van der Waals surface area contributed by atoms with Gasteiger partial charge in [0.15, 0.2) is 0 Å². The van der Waals surface area contributed by atoms with E-state index in [1.165, 1.54) is 0 Å². The van der Waals surface area contributed by atoms with Gasteiger partial charge in [0.1, 0.15) is 0 Å². The topological polar surface area (TPSA) is 43.8 Å². The Morgan fingerprint density at radius 1 is 1.40 bits per heavy atom. The molecule has 4 heteroatoms. The number of aryl methyl sites for hydroxylation is 1. The number of nitrogens with two attached hydrogens (primary N) is 1. The van der Waals surface area contributed by atoms with Crippen LogP contribution in [0.1, 0.15) is 0 Å². The molecule has 0 aliphatic carbocycles. The summed E-state index contributed by atoms with van der Waals surface area (Å²) >= 11 is 1.65. The molecule has 2 N–H and O–H groups in total. The lowest BCUT2D eigenvalue weighted by atomic mass is 10.1. The van der Waals surface area contributed by atoms with Gasteiger partial charge in [-0.1, -0.05) is 6.07 Å². The summed E-state index contributed by atoms with van der Waals surface area (Å²) in [4.78, 5) is 5.40. The molecule has 0 amide bonds. The first kappa shape index (κ1) is 10.1. The Labute approximate surface area is 93.3 Å². The lowest BCUT2D eigenvalue weighted by Crippen LogP contribution is -1.88. The van der Waals surface area contributed by atoms with Crippen LogP contribution in [0.3, 0.4) is 0 Å². The van der Waals surface area contributed by atoms with E-state index in [0.717, 1.165) is 21.8 Å². The SMILES string of the molecule is CSc1cc(-c2cn(C)cn2)ccc1N. The molecular weight excluding hydrogens is 206 g/mol. The summed E-state index contributed by atoms with van der Waals surface area (Å²) in [6, 6.07) is 6.00. The molecule has 78 valence electrons. The van der Waals surface area contributed by atoms with Gasteiger partial charge in [-0.3, -0.25) is 0 Å². The first-order valence-electron chi connectivity index (χ1n) is 4.62. The highest BCUT2D eigenvalue weighted by Crippen LogP contribution is 2.28. The zero-order valence-electron chi connectivity index (χ0n) is 8.77. The first-order valence-corrected chi connectivity index (χ1v) is 5.85. The zero-order valence-corrected chi connectivity index (χ0v) is 9.58. The second-order valence-corrected chi connectivity index (χ2v) is 4.23. The van der Waals surface area contributed by atoms with E-state index >= 15 is 0 Å². The van der Waals surface area contributed by atoms with Crippen LogP contribution in [-0.2, 0) is 7.05 Å². The predicted molar refractivity (Wildman–Crippen MR) is 64.8 cm³/mol. The number of nitrogen functional groups attached to an aromatic ring is 1. The zero-order chi connectivity index (χ0) is 10.8. The predicted octanol–water partition coefficient (Wildman–Crippen LogP) is 2.39. The molecule has 2 rings (SSSR count). The molecule has 2 aromatic rings. The molecule has 15 heavy (non-hydrogen) atoms. The van der Waals surface area contributed by atoms with Crippen LogP contribution in [0.25, 0.3) is 11.3 Å². The normalized spacial score (nSPS) is 10.5. The minimum Gasteiger partial charge on any atom is -0.398 e. The number of anilines is 1. The van der Waals surface area contributed by atoms with Crippen LogP contribution in [0.2, 0.25) is 0 Å². The summed E-state index contributed by atoms with van der Waals surface area (Å²) < 4.78 is 1.93. The second kappa shape index (κ2) is 3.98. The number of rotatable bonds is 2. The lowest BCUT2D eigenvalue weighted by Gasteiger charge is -2.04. The van der Waals surface area contributed by atoms with Crippen molar-refractivity contribution >= 4 is 17.4 Å². The molecule has 1 aromatic heterocycles. The molecule has 1 aromatic carbocycles. The van der Waals surface area contributed by atoms with Gasteiger partial charge < -0.3 is 10.3 Å². The van der Waals surface area contributed by atoms with Crippen LogP contribution in [0.5, 0.6) is 0 Å². The molecule has 0 fully saturated rings. The summed E-state index contributed by atoms with van der Waals surface area (Å²) in [5.74, 6) is 0. The summed E-state index contributed by atoms with van der Waals surface area (Å²) in [5, 5.41) is 0. The van der Waals surface area contributed by atoms with Crippen LogP contribution in [0, 0.1) is 0 Å². The van der Waals surface area contributed by atoms with Crippen LogP contribution in [0.4, 0.5) is 5.69 Å². The molecule has 1 heterocycles. The second-order valence-electron chi connectivity index (χ2n) is 3.38. The minimum atomic E-state index is 0.821. The fourth-order valence-corrected chi connectivity index (χ4v) is 1.98. The third-order valence-corrected chi connectivity index (χ3v) is 3.03. The number of aromatic nitrogens is 2. The Bertz CT molecular complexity index is 476. The molecule has 0 aliphatic rings. The number of nitrogens with zero attached hydrogens (tertiary/aromatic N) is 2.